The summed E-state index contributed by atoms with van der Waals surface area (Å²) in [7, 11) is 0. The SMILES string of the molecule is CCn1nc(C)c(CNC2CCCCc3cc(Br)ccc32)n1. The van der Waals surface area contributed by atoms with Crippen LogP contribution < -0.4 is 5.32 Å². The zero-order chi connectivity index (χ0) is 15.5. The molecule has 22 heavy (non-hydrogen) atoms. The molecule has 1 atom stereocenters. The van der Waals surface area contributed by atoms with Crippen molar-refractivity contribution in [2.75, 3.05) is 0 Å². The van der Waals surface area contributed by atoms with Gasteiger partial charge in [-0.2, -0.15) is 15.0 Å². The summed E-state index contributed by atoms with van der Waals surface area (Å²) in [6, 6.07) is 7.10. The molecule has 1 unspecified atom stereocenters. The fourth-order valence-electron chi connectivity index (χ4n) is 3.15. The van der Waals surface area contributed by atoms with Crippen LogP contribution in [0, 0.1) is 6.92 Å². The van der Waals surface area contributed by atoms with E-state index in [1.807, 2.05) is 6.92 Å². The Labute approximate surface area is 140 Å². The van der Waals surface area contributed by atoms with E-state index in [2.05, 4.69) is 56.6 Å². The molecule has 0 radical (unpaired) electrons. The van der Waals surface area contributed by atoms with Crippen LogP contribution in [0.2, 0.25) is 0 Å². The Kier molecular flexibility index (Phi) is 4.93. The topological polar surface area (TPSA) is 42.7 Å². The van der Waals surface area contributed by atoms with E-state index < -0.39 is 0 Å². The monoisotopic (exact) mass is 362 g/mol. The second kappa shape index (κ2) is 6.92. The Balaban J connectivity index is 1.76. The Morgan fingerprint density at radius 2 is 2.18 bits per heavy atom. The number of rotatable bonds is 4. The van der Waals surface area contributed by atoms with Gasteiger partial charge in [-0.25, -0.2) is 0 Å². The third-order valence-corrected chi connectivity index (χ3v) is 4.88. The summed E-state index contributed by atoms with van der Waals surface area (Å²) in [5.74, 6) is 0. The zero-order valence-electron chi connectivity index (χ0n) is 13.3. The van der Waals surface area contributed by atoms with Gasteiger partial charge in [-0.05, 0) is 56.4 Å². The van der Waals surface area contributed by atoms with Crippen LogP contribution in [-0.4, -0.2) is 15.0 Å². The lowest BCUT2D eigenvalue weighted by atomic mass is 9.99. The van der Waals surface area contributed by atoms with Crippen LogP contribution in [0.1, 0.15) is 54.7 Å². The number of halogens is 1. The average molecular weight is 363 g/mol. The quantitative estimate of drug-likeness (QED) is 0.837. The van der Waals surface area contributed by atoms with Gasteiger partial charge in [0.05, 0.1) is 17.9 Å². The van der Waals surface area contributed by atoms with Gasteiger partial charge in [0.2, 0.25) is 0 Å². The molecule has 1 aromatic heterocycles. The molecule has 0 bridgehead atoms. The largest absolute Gasteiger partial charge is 0.304 e. The molecule has 0 saturated heterocycles. The van der Waals surface area contributed by atoms with E-state index >= 15 is 0 Å². The van der Waals surface area contributed by atoms with Crippen LogP contribution in [0.4, 0.5) is 0 Å². The van der Waals surface area contributed by atoms with Gasteiger partial charge in [-0.15, -0.1) is 0 Å². The number of hydrogen-bond donors (Lipinski definition) is 1. The smallest absolute Gasteiger partial charge is 0.0994 e. The fourth-order valence-corrected chi connectivity index (χ4v) is 3.56. The highest BCUT2D eigenvalue weighted by atomic mass is 79.9. The molecule has 2 aromatic rings. The number of hydrogen-bond acceptors (Lipinski definition) is 3. The Morgan fingerprint density at radius 1 is 1.32 bits per heavy atom. The number of nitrogens with one attached hydrogen (secondary N) is 1. The van der Waals surface area contributed by atoms with Crippen LogP contribution in [0.3, 0.4) is 0 Å². The van der Waals surface area contributed by atoms with Crippen molar-refractivity contribution in [3.05, 3.63) is 45.2 Å². The Hall–Kier alpha value is -1.20. The minimum Gasteiger partial charge on any atom is -0.304 e. The van der Waals surface area contributed by atoms with Gasteiger partial charge in [0.25, 0.3) is 0 Å². The number of fused-ring (bicyclic) bond motifs is 1. The van der Waals surface area contributed by atoms with Gasteiger partial charge in [0.15, 0.2) is 0 Å². The minimum atomic E-state index is 0.414. The van der Waals surface area contributed by atoms with Crippen molar-refractivity contribution in [2.24, 2.45) is 0 Å². The molecule has 1 heterocycles. The van der Waals surface area contributed by atoms with Crippen LogP contribution in [-0.2, 0) is 19.5 Å². The minimum absolute atomic E-state index is 0.414. The first-order chi connectivity index (χ1) is 10.7. The molecular weight excluding hydrogens is 340 g/mol. The summed E-state index contributed by atoms with van der Waals surface area (Å²) < 4.78 is 1.17. The molecule has 0 saturated carbocycles. The maximum atomic E-state index is 4.54. The first kappa shape index (κ1) is 15.7. The molecule has 0 aliphatic heterocycles. The lowest BCUT2D eigenvalue weighted by molar-refractivity contribution is 0.480. The summed E-state index contributed by atoms with van der Waals surface area (Å²) in [5.41, 5.74) is 5.00. The van der Waals surface area contributed by atoms with Gasteiger partial charge in [-0.1, -0.05) is 28.4 Å². The molecule has 0 amide bonds. The van der Waals surface area contributed by atoms with E-state index in [4.69, 9.17) is 0 Å². The molecule has 1 N–H and O–H groups in total. The summed E-state index contributed by atoms with van der Waals surface area (Å²) in [4.78, 5) is 1.77. The summed E-state index contributed by atoms with van der Waals surface area (Å²) >= 11 is 3.59. The van der Waals surface area contributed by atoms with Crippen molar-refractivity contribution >= 4 is 15.9 Å². The molecule has 1 aromatic carbocycles. The first-order valence-corrected chi connectivity index (χ1v) is 8.89. The maximum Gasteiger partial charge on any atom is 0.0994 e. The highest BCUT2D eigenvalue weighted by molar-refractivity contribution is 9.10. The molecule has 5 heteroatoms. The molecule has 0 spiro atoms. The highest BCUT2D eigenvalue weighted by Gasteiger charge is 2.19. The van der Waals surface area contributed by atoms with Crippen LogP contribution in [0.25, 0.3) is 0 Å². The van der Waals surface area contributed by atoms with Crippen molar-refractivity contribution in [3.63, 3.8) is 0 Å². The third kappa shape index (κ3) is 3.41. The van der Waals surface area contributed by atoms with Crippen molar-refractivity contribution in [2.45, 2.75) is 58.7 Å². The van der Waals surface area contributed by atoms with E-state index in [1.54, 1.807) is 4.80 Å². The van der Waals surface area contributed by atoms with Crippen molar-refractivity contribution in [1.82, 2.24) is 20.3 Å². The second-order valence-electron chi connectivity index (χ2n) is 5.94. The van der Waals surface area contributed by atoms with Gasteiger partial charge >= 0.3 is 0 Å². The molecule has 1 aliphatic rings. The second-order valence-corrected chi connectivity index (χ2v) is 6.86. The normalized spacial score (nSPS) is 18.0. The maximum absolute atomic E-state index is 4.54. The summed E-state index contributed by atoms with van der Waals surface area (Å²) in [5, 5.41) is 12.7. The predicted octanol–water partition coefficient (Wildman–Crippen LogP) is 3.93. The van der Waals surface area contributed by atoms with E-state index in [9.17, 15) is 0 Å². The molecule has 0 fully saturated rings. The van der Waals surface area contributed by atoms with E-state index in [-0.39, 0.29) is 0 Å². The Bertz CT molecular complexity index is 650. The highest BCUT2D eigenvalue weighted by Crippen LogP contribution is 2.30. The summed E-state index contributed by atoms with van der Waals surface area (Å²) in [6.07, 6.45) is 4.91. The van der Waals surface area contributed by atoms with Crippen LogP contribution in [0.5, 0.6) is 0 Å². The van der Waals surface area contributed by atoms with E-state index in [0.29, 0.717) is 6.04 Å². The fraction of sp³-hybridized carbons (Fsp3) is 0.529. The van der Waals surface area contributed by atoms with Gasteiger partial charge in [0.1, 0.15) is 0 Å². The molecule has 4 nitrogen and oxygen atoms in total. The number of aryl methyl sites for hydroxylation is 3. The molecule has 1 aliphatic carbocycles. The van der Waals surface area contributed by atoms with Gasteiger partial charge in [0, 0.05) is 17.1 Å². The van der Waals surface area contributed by atoms with Crippen LogP contribution >= 0.6 is 15.9 Å². The number of aromatic nitrogens is 3. The Morgan fingerprint density at radius 3 is 2.95 bits per heavy atom. The van der Waals surface area contributed by atoms with E-state index in [0.717, 1.165) is 24.5 Å². The zero-order valence-corrected chi connectivity index (χ0v) is 14.9. The van der Waals surface area contributed by atoms with Crippen LogP contribution in [0.15, 0.2) is 22.7 Å². The van der Waals surface area contributed by atoms with Crippen molar-refractivity contribution in [1.29, 1.82) is 0 Å². The lowest BCUT2D eigenvalue weighted by Gasteiger charge is -2.19. The molecular formula is C17H23BrN4. The summed E-state index contributed by atoms with van der Waals surface area (Å²) in [6.45, 7) is 5.71. The standard InChI is InChI=1S/C17H23BrN4/c1-3-22-20-12(2)17(21-22)11-19-16-7-5-4-6-13-10-14(18)8-9-15(13)16/h8-10,16,19H,3-7,11H2,1-2H3. The number of benzene rings is 1. The lowest BCUT2D eigenvalue weighted by Crippen LogP contribution is -2.22. The predicted molar refractivity (Wildman–Crippen MR) is 91.7 cm³/mol. The molecule has 3 rings (SSSR count). The third-order valence-electron chi connectivity index (χ3n) is 4.39. The molecule has 118 valence electrons. The average Bonchev–Trinajstić information content (AvgIpc) is 2.75. The van der Waals surface area contributed by atoms with Gasteiger partial charge < -0.3 is 5.32 Å². The van der Waals surface area contributed by atoms with Gasteiger partial charge in [-0.3, -0.25) is 0 Å². The van der Waals surface area contributed by atoms with E-state index in [1.165, 1.54) is 41.3 Å². The van der Waals surface area contributed by atoms with Crippen molar-refractivity contribution in [3.8, 4) is 0 Å². The number of nitrogens with zero attached hydrogens (tertiary/aromatic N) is 3. The van der Waals surface area contributed by atoms with Crippen molar-refractivity contribution < 1.29 is 0 Å². The first-order valence-electron chi connectivity index (χ1n) is 8.09.